The molecule has 2 aromatic heterocycles. The second-order valence-corrected chi connectivity index (χ2v) is 14.2. The van der Waals surface area contributed by atoms with Gasteiger partial charge in [0.25, 0.3) is 0 Å². The molecule has 0 unspecified atom stereocenters. The van der Waals surface area contributed by atoms with Gasteiger partial charge < -0.3 is 9.13 Å². The first-order valence-electron chi connectivity index (χ1n) is 18.6. The monoisotopic (exact) mass is 686 g/mol. The molecule has 54 heavy (non-hydrogen) atoms. The van der Waals surface area contributed by atoms with E-state index in [1.54, 1.807) is 0 Å². The topological polar surface area (TPSA) is 9.86 Å². The van der Waals surface area contributed by atoms with Crippen LogP contribution in [0.5, 0.6) is 0 Å². The summed E-state index contributed by atoms with van der Waals surface area (Å²) in [5.41, 5.74) is 14.4. The van der Waals surface area contributed by atoms with Crippen LogP contribution in [-0.4, -0.2) is 9.13 Å². The number of fused-ring (bicyclic) bond motifs is 8. The van der Waals surface area contributed by atoms with Crippen molar-refractivity contribution in [2.45, 2.75) is 0 Å². The fourth-order valence-corrected chi connectivity index (χ4v) is 8.55. The lowest BCUT2D eigenvalue weighted by molar-refractivity contribution is 1.17. The van der Waals surface area contributed by atoms with Gasteiger partial charge in [0.1, 0.15) is 0 Å². The van der Waals surface area contributed by atoms with Crippen LogP contribution in [0.4, 0.5) is 0 Å². The molecule has 2 nitrogen and oxygen atoms in total. The SMILES string of the molecule is c1ccc(-c2ccc(-n3c4cc(-c5ccccc5)ccc4c4c5c6ccccc6n(-c6ccc7cc(-c8ccccc8)ccc7c6)c5ccc43)cc2)cc1. The molecular formula is C52H34N2. The highest BCUT2D eigenvalue weighted by molar-refractivity contribution is 6.29. The predicted octanol–water partition coefficient (Wildman–Crippen LogP) is 14.0. The average molecular weight is 687 g/mol. The lowest BCUT2D eigenvalue weighted by Gasteiger charge is -2.11. The number of nitrogens with zero attached hydrogens (tertiary/aromatic N) is 2. The maximum atomic E-state index is 2.46. The van der Waals surface area contributed by atoms with Gasteiger partial charge in [0.2, 0.25) is 0 Å². The van der Waals surface area contributed by atoms with E-state index in [0.29, 0.717) is 0 Å². The Bertz CT molecular complexity index is 3170. The number of hydrogen-bond acceptors (Lipinski definition) is 0. The third kappa shape index (κ3) is 4.81. The Kier molecular flexibility index (Phi) is 6.90. The minimum Gasteiger partial charge on any atom is -0.309 e. The zero-order chi connectivity index (χ0) is 35.6. The number of rotatable bonds is 5. The first-order chi connectivity index (χ1) is 26.8. The molecule has 0 spiro atoms. The van der Waals surface area contributed by atoms with Crippen molar-refractivity contribution >= 4 is 54.4 Å². The summed E-state index contributed by atoms with van der Waals surface area (Å²) >= 11 is 0. The van der Waals surface area contributed by atoms with E-state index in [-0.39, 0.29) is 0 Å². The van der Waals surface area contributed by atoms with E-state index in [9.17, 15) is 0 Å². The molecule has 9 aromatic carbocycles. The molecule has 0 fully saturated rings. The molecule has 11 rings (SSSR count). The van der Waals surface area contributed by atoms with E-state index in [1.165, 1.54) is 87.8 Å². The van der Waals surface area contributed by atoms with Crippen molar-refractivity contribution in [3.05, 3.63) is 206 Å². The van der Waals surface area contributed by atoms with Gasteiger partial charge in [-0.3, -0.25) is 0 Å². The van der Waals surface area contributed by atoms with Crippen LogP contribution < -0.4 is 0 Å². The van der Waals surface area contributed by atoms with Gasteiger partial charge in [0.15, 0.2) is 0 Å². The number of para-hydroxylation sites is 1. The van der Waals surface area contributed by atoms with E-state index in [2.05, 4.69) is 215 Å². The molecule has 11 aromatic rings. The Morgan fingerprint density at radius 3 is 1.35 bits per heavy atom. The molecular weight excluding hydrogens is 653 g/mol. The van der Waals surface area contributed by atoms with Crippen LogP contribution in [0.3, 0.4) is 0 Å². The van der Waals surface area contributed by atoms with Gasteiger partial charge in [-0.2, -0.15) is 0 Å². The largest absolute Gasteiger partial charge is 0.309 e. The Balaban J connectivity index is 1.16. The zero-order valence-electron chi connectivity index (χ0n) is 29.5. The highest BCUT2D eigenvalue weighted by Crippen LogP contribution is 2.43. The van der Waals surface area contributed by atoms with E-state index < -0.39 is 0 Å². The molecule has 252 valence electrons. The minimum absolute atomic E-state index is 1.15. The van der Waals surface area contributed by atoms with Crippen LogP contribution in [0, 0.1) is 0 Å². The Labute approximate surface area is 313 Å². The van der Waals surface area contributed by atoms with E-state index in [4.69, 9.17) is 0 Å². The van der Waals surface area contributed by atoms with Crippen LogP contribution in [0.15, 0.2) is 206 Å². The van der Waals surface area contributed by atoms with Crippen LogP contribution in [0.25, 0.3) is 99.1 Å². The van der Waals surface area contributed by atoms with Gasteiger partial charge in [-0.25, -0.2) is 0 Å². The van der Waals surface area contributed by atoms with Crippen molar-refractivity contribution in [3.8, 4) is 44.8 Å². The molecule has 0 atom stereocenters. The van der Waals surface area contributed by atoms with Crippen molar-refractivity contribution in [2.75, 3.05) is 0 Å². The zero-order valence-corrected chi connectivity index (χ0v) is 29.5. The van der Waals surface area contributed by atoms with Crippen molar-refractivity contribution in [3.63, 3.8) is 0 Å². The summed E-state index contributed by atoms with van der Waals surface area (Å²) in [6.45, 7) is 0. The highest BCUT2D eigenvalue weighted by atomic mass is 15.0. The Hall–Kier alpha value is -7.16. The third-order valence-electron chi connectivity index (χ3n) is 11.1. The third-order valence-corrected chi connectivity index (χ3v) is 11.1. The van der Waals surface area contributed by atoms with E-state index in [0.717, 1.165) is 11.4 Å². The van der Waals surface area contributed by atoms with Gasteiger partial charge in [0, 0.05) is 32.9 Å². The summed E-state index contributed by atoms with van der Waals surface area (Å²) in [4.78, 5) is 0. The van der Waals surface area contributed by atoms with E-state index in [1.807, 2.05) is 0 Å². The summed E-state index contributed by atoms with van der Waals surface area (Å²) < 4.78 is 4.91. The van der Waals surface area contributed by atoms with Crippen molar-refractivity contribution in [1.29, 1.82) is 0 Å². The Morgan fingerprint density at radius 1 is 0.241 bits per heavy atom. The Morgan fingerprint density at radius 2 is 0.685 bits per heavy atom. The second kappa shape index (κ2) is 12.2. The van der Waals surface area contributed by atoms with Gasteiger partial charge >= 0.3 is 0 Å². The molecule has 0 amide bonds. The highest BCUT2D eigenvalue weighted by Gasteiger charge is 2.21. The summed E-state index contributed by atoms with van der Waals surface area (Å²) in [5.74, 6) is 0. The summed E-state index contributed by atoms with van der Waals surface area (Å²) in [5, 5.41) is 7.51. The van der Waals surface area contributed by atoms with Crippen LogP contribution in [0.1, 0.15) is 0 Å². The molecule has 0 saturated carbocycles. The standard InChI is InChI=1S/C52H34N2/c1-4-12-35(13-5-1)38-22-26-43(27-23-38)53-48-30-31-49-51(52(48)46-29-25-42(34-50(46)53)37-16-8-3-9-17-37)45-18-10-11-19-47(45)54(49)44-28-24-40-32-39(20-21-41(40)33-44)36-14-6-2-7-15-36/h1-34H. The number of hydrogen-bond donors (Lipinski definition) is 0. The van der Waals surface area contributed by atoms with Gasteiger partial charge in [0.05, 0.1) is 22.1 Å². The smallest absolute Gasteiger partial charge is 0.0548 e. The number of aromatic nitrogens is 2. The van der Waals surface area contributed by atoms with Gasteiger partial charge in [-0.05, 0) is 98.8 Å². The number of benzene rings is 9. The fraction of sp³-hybridized carbons (Fsp3) is 0. The molecule has 2 heterocycles. The van der Waals surface area contributed by atoms with Crippen molar-refractivity contribution in [1.82, 2.24) is 9.13 Å². The first-order valence-corrected chi connectivity index (χ1v) is 18.6. The molecule has 0 saturated heterocycles. The van der Waals surface area contributed by atoms with Crippen LogP contribution in [-0.2, 0) is 0 Å². The van der Waals surface area contributed by atoms with Gasteiger partial charge in [-0.15, -0.1) is 0 Å². The normalized spacial score (nSPS) is 11.7. The average Bonchev–Trinajstić information content (AvgIpc) is 3.77. The maximum absolute atomic E-state index is 2.46. The first kappa shape index (κ1) is 30.5. The molecule has 0 N–H and O–H groups in total. The summed E-state index contributed by atoms with van der Waals surface area (Å²) in [7, 11) is 0. The molecule has 0 radical (unpaired) electrons. The molecule has 0 aliphatic carbocycles. The van der Waals surface area contributed by atoms with Crippen molar-refractivity contribution < 1.29 is 0 Å². The molecule has 0 aliphatic heterocycles. The summed E-state index contributed by atoms with van der Waals surface area (Å²) in [6.07, 6.45) is 0. The predicted molar refractivity (Wildman–Crippen MR) is 229 cm³/mol. The lowest BCUT2D eigenvalue weighted by atomic mass is 10.0. The molecule has 0 aliphatic rings. The summed E-state index contributed by atoms with van der Waals surface area (Å²) in [6, 6.07) is 75.2. The van der Waals surface area contributed by atoms with Gasteiger partial charge in [-0.1, -0.05) is 152 Å². The lowest BCUT2D eigenvalue weighted by Crippen LogP contribution is -1.95. The van der Waals surface area contributed by atoms with Crippen LogP contribution in [0.2, 0.25) is 0 Å². The molecule has 0 bridgehead atoms. The van der Waals surface area contributed by atoms with Crippen molar-refractivity contribution in [2.24, 2.45) is 0 Å². The van der Waals surface area contributed by atoms with Crippen LogP contribution >= 0.6 is 0 Å². The minimum atomic E-state index is 1.15. The second-order valence-electron chi connectivity index (χ2n) is 14.2. The molecule has 2 heteroatoms. The maximum Gasteiger partial charge on any atom is 0.0548 e. The fourth-order valence-electron chi connectivity index (χ4n) is 8.55. The quantitative estimate of drug-likeness (QED) is 0.171. The van der Waals surface area contributed by atoms with E-state index >= 15 is 0 Å².